The number of sulfone groups is 1. The number of rotatable bonds is 5. The molecule has 6 nitrogen and oxygen atoms in total. The first-order chi connectivity index (χ1) is 13.7. The van der Waals surface area contributed by atoms with Crippen molar-refractivity contribution in [1.82, 2.24) is 0 Å². The summed E-state index contributed by atoms with van der Waals surface area (Å²) in [6.07, 6.45) is 0.227. The van der Waals surface area contributed by atoms with Gasteiger partial charge in [0.25, 0.3) is 0 Å². The van der Waals surface area contributed by atoms with Crippen molar-refractivity contribution >= 4 is 44.8 Å². The van der Waals surface area contributed by atoms with Crippen LogP contribution in [0.2, 0.25) is 0 Å². The topological polar surface area (TPSA) is 92.3 Å². The molecule has 2 aromatic carbocycles. The summed E-state index contributed by atoms with van der Waals surface area (Å²) in [5, 5.41) is 5.67. The summed E-state index contributed by atoms with van der Waals surface area (Å²) in [6.45, 7) is 5.81. The van der Waals surface area contributed by atoms with E-state index in [0.29, 0.717) is 17.8 Å². The second-order valence-corrected chi connectivity index (χ2v) is 10.8. The zero-order valence-corrected chi connectivity index (χ0v) is 18.2. The summed E-state index contributed by atoms with van der Waals surface area (Å²) in [7, 11) is -3.66. The standard InChI is InChI=1S/C21H24N2O4S2/c1-13-5-4-6-17(15(13)3)22-20(24)9-10-29(26,27)16-7-8-19-18(12-16)23-21(25)11-14(2)28-19/h4-8,12,14H,9-11H2,1-3H3,(H,22,24)(H,23,25)/t14-/m1/s1. The van der Waals surface area contributed by atoms with Gasteiger partial charge in [-0.2, -0.15) is 0 Å². The van der Waals surface area contributed by atoms with E-state index in [0.717, 1.165) is 16.0 Å². The molecule has 0 saturated carbocycles. The Balaban J connectivity index is 1.70. The number of hydrogen-bond donors (Lipinski definition) is 2. The minimum atomic E-state index is -3.66. The van der Waals surface area contributed by atoms with Gasteiger partial charge in [-0.1, -0.05) is 19.1 Å². The van der Waals surface area contributed by atoms with Crippen LogP contribution in [0.3, 0.4) is 0 Å². The maximum absolute atomic E-state index is 12.7. The van der Waals surface area contributed by atoms with E-state index in [2.05, 4.69) is 10.6 Å². The van der Waals surface area contributed by atoms with Crippen LogP contribution in [0.15, 0.2) is 46.2 Å². The van der Waals surface area contributed by atoms with E-state index in [9.17, 15) is 18.0 Å². The fourth-order valence-electron chi connectivity index (χ4n) is 3.07. The normalized spacial score (nSPS) is 16.5. The molecule has 1 aliphatic rings. The van der Waals surface area contributed by atoms with E-state index >= 15 is 0 Å². The quantitative estimate of drug-likeness (QED) is 0.747. The third-order valence-corrected chi connectivity index (χ3v) is 7.75. The highest BCUT2D eigenvalue weighted by atomic mass is 32.2. The van der Waals surface area contributed by atoms with E-state index in [1.54, 1.807) is 12.1 Å². The molecule has 0 spiro atoms. The number of thioether (sulfide) groups is 1. The van der Waals surface area contributed by atoms with Crippen LogP contribution in [-0.2, 0) is 19.4 Å². The minimum Gasteiger partial charge on any atom is -0.326 e. The Hall–Kier alpha value is -2.32. The fraction of sp³-hybridized carbons (Fsp3) is 0.333. The highest BCUT2D eigenvalue weighted by Gasteiger charge is 2.23. The van der Waals surface area contributed by atoms with Crippen molar-refractivity contribution in [3.8, 4) is 0 Å². The number of nitrogens with one attached hydrogen (secondary N) is 2. The molecule has 0 aliphatic carbocycles. The molecule has 29 heavy (non-hydrogen) atoms. The van der Waals surface area contributed by atoms with Crippen LogP contribution in [-0.4, -0.2) is 31.2 Å². The molecule has 1 aliphatic heterocycles. The summed E-state index contributed by atoms with van der Waals surface area (Å²) < 4.78 is 25.5. The first kappa shape index (κ1) is 21.4. The molecule has 3 rings (SSSR count). The molecule has 0 radical (unpaired) electrons. The van der Waals surface area contributed by atoms with Crippen LogP contribution in [0.5, 0.6) is 0 Å². The van der Waals surface area contributed by atoms with Crippen molar-refractivity contribution in [3.05, 3.63) is 47.5 Å². The van der Waals surface area contributed by atoms with Crippen LogP contribution in [0, 0.1) is 13.8 Å². The maximum atomic E-state index is 12.7. The molecule has 2 N–H and O–H groups in total. The molecule has 2 amide bonds. The monoisotopic (exact) mass is 432 g/mol. The summed E-state index contributed by atoms with van der Waals surface area (Å²) >= 11 is 1.54. The molecule has 0 saturated heterocycles. The Kier molecular flexibility index (Phi) is 6.33. The molecule has 0 fully saturated rings. The van der Waals surface area contributed by atoms with Crippen molar-refractivity contribution in [3.63, 3.8) is 0 Å². The van der Waals surface area contributed by atoms with Crippen LogP contribution in [0.25, 0.3) is 0 Å². The van der Waals surface area contributed by atoms with Crippen molar-refractivity contribution in [2.75, 3.05) is 16.4 Å². The fourth-order valence-corrected chi connectivity index (χ4v) is 5.38. The Morgan fingerprint density at radius 3 is 2.76 bits per heavy atom. The number of amides is 2. The lowest BCUT2D eigenvalue weighted by Gasteiger charge is -2.12. The molecule has 1 atom stereocenters. The SMILES string of the molecule is Cc1cccc(NC(=O)CCS(=O)(=O)c2ccc3c(c2)NC(=O)C[C@@H](C)S3)c1C. The summed E-state index contributed by atoms with van der Waals surface area (Å²) in [5.41, 5.74) is 3.20. The number of anilines is 2. The van der Waals surface area contributed by atoms with Crippen molar-refractivity contribution in [2.45, 2.75) is 48.7 Å². The largest absolute Gasteiger partial charge is 0.326 e. The van der Waals surface area contributed by atoms with Gasteiger partial charge in [0.2, 0.25) is 11.8 Å². The predicted molar refractivity (Wildman–Crippen MR) is 116 cm³/mol. The average molecular weight is 433 g/mol. The Morgan fingerprint density at radius 1 is 1.24 bits per heavy atom. The second kappa shape index (κ2) is 8.59. The number of fused-ring (bicyclic) bond motifs is 1. The zero-order valence-electron chi connectivity index (χ0n) is 16.6. The number of benzene rings is 2. The molecular weight excluding hydrogens is 408 g/mol. The smallest absolute Gasteiger partial charge is 0.225 e. The number of carbonyl (C=O) groups is 2. The Labute approximate surface area is 175 Å². The van der Waals surface area contributed by atoms with Crippen LogP contribution in [0.4, 0.5) is 11.4 Å². The average Bonchev–Trinajstić information content (AvgIpc) is 2.79. The van der Waals surface area contributed by atoms with Gasteiger partial charge in [0.05, 0.1) is 16.3 Å². The molecule has 8 heteroatoms. The van der Waals surface area contributed by atoms with Gasteiger partial charge in [-0.3, -0.25) is 9.59 Å². The van der Waals surface area contributed by atoms with Gasteiger partial charge in [0.1, 0.15) is 0 Å². The molecule has 2 aromatic rings. The van der Waals surface area contributed by atoms with Gasteiger partial charge < -0.3 is 10.6 Å². The lowest BCUT2D eigenvalue weighted by molar-refractivity contribution is -0.116. The lowest BCUT2D eigenvalue weighted by Crippen LogP contribution is -2.18. The predicted octanol–water partition coefficient (Wildman–Crippen LogP) is 3.93. The first-order valence-corrected chi connectivity index (χ1v) is 11.9. The molecule has 1 heterocycles. The Morgan fingerprint density at radius 2 is 2.00 bits per heavy atom. The van der Waals surface area contributed by atoms with E-state index in [1.165, 1.54) is 23.9 Å². The number of aryl methyl sites for hydroxylation is 1. The van der Waals surface area contributed by atoms with Gasteiger partial charge in [0.15, 0.2) is 9.84 Å². The third-order valence-electron chi connectivity index (χ3n) is 4.86. The van der Waals surface area contributed by atoms with Gasteiger partial charge in [0, 0.05) is 28.7 Å². The first-order valence-electron chi connectivity index (χ1n) is 9.35. The van der Waals surface area contributed by atoms with Crippen LogP contribution >= 0.6 is 11.8 Å². The molecule has 0 aromatic heterocycles. The zero-order chi connectivity index (χ0) is 21.2. The number of hydrogen-bond acceptors (Lipinski definition) is 5. The summed E-state index contributed by atoms with van der Waals surface area (Å²) in [4.78, 5) is 25.2. The van der Waals surface area contributed by atoms with E-state index < -0.39 is 9.84 Å². The third kappa shape index (κ3) is 5.19. The van der Waals surface area contributed by atoms with Crippen molar-refractivity contribution in [1.29, 1.82) is 0 Å². The van der Waals surface area contributed by atoms with Gasteiger partial charge in [-0.05, 0) is 49.2 Å². The summed E-state index contributed by atoms with van der Waals surface area (Å²) in [5.74, 6) is -0.791. The van der Waals surface area contributed by atoms with Crippen molar-refractivity contribution < 1.29 is 18.0 Å². The van der Waals surface area contributed by atoms with E-state index in [4.69, 9.17) is 0 Å². The highest BCUT2D eigenvalue weighted by Crippen LogP contribution is 2.36. The lowest BCUT2D eigenvalue weighted by atomic mass is 10.1. The van der Waals surface area contributed by atoms with Gasteiger partial charge >= 0.3 is 0 Å². The van der Waals surface area contributed by atoms with Gasteiger partial charge in [-0.15, -0.1) is 11.8 Å². The molecule has 154 valence electrons. The highest BCUT2D eigenvalue weighted by molar-refractivity contribution is 8.00. The molecular formula is C21H24N2O4S2. The van der Waals surface area contributed by atoms with E-state index in [-0.39, 0.29) is 34.1 Å². The molecule has 0 unspecified atom stereocenters. The maximum Gasteiger partial charge on any atom is 0.225 e. The summed E-state index contributed by atoms with van der Waals surface area (Å²) in [6, 6.07) is 10.3. The minimum absolute atomic E-state index is 0.103. The van der Waals surface area contributed by atoms with Crippen molar-refractivity contribution in [2.24, 2.45) is 0 Å². The second-order valence-electron chi connectivity index (χ2n) is 7.20. The molecule has 0 bridgehead atoms. The Bertz CT molecular complexity index is 1060. The van der Waals surface area contributed by atoms with Crippen LogP contribution < -0.4 is 10.6 Å². The number of carbonyl (C=O) groups excluding carboxylic acids is 2. The van der Waals surface area contributed by atoms with E-state index in [1.807, 2.05) is 32.9 Å². The van der Waals surface area contributed by atoms with Crippen LogP contribution in [0.1, 0.15) is 30.9 Å². The van der Waals surface area contributed by atoms with Gasteiger partial charge in [-0.25, -0.2) is 8.42 Å².